The van der Waals surface area contributed by atoms with Crippen LogP contribution in [0, 0.1) is 10.1 Å². The first-order valence-electron chi connectivity index (χ1n) is 9.46. The Kier molecular flexibility index (Phi) is 6.20. The van der Waals surface area contributed by atoms with E-state index in [1.165, 1.54) is 20.1 Å². The van der Waals surface area contributed by atoms with Crippen molar-refractivity contribution in [2.75, 3.05) is 25.2 Å². The molecule has 2 aromatic carbocycles. The topological polar surface area (TPSA) is 108 Å². The monoisotopic (exact) mass is 414 g/mol. The van der Waals surface area contributed by atoms with E-state index in [1.807, 2.05) is 24.3 Å². The molecule has 9 heteroatoms. The molecule has 0 spiro atoms. The van der Waals surface area contributed by atoms with Gasteiger partial charge in [-0.15, -0.1) is 0 Å². The molecule has 0 N–H and O–H groups in total. The summed E-state index contributed by atoms with van der Waals surface area (Å²) < 4.78 is 15.8. The van der Waals surface area contributed by atoms with Gasteiger partial charge in [0.1, 0.15) is 5.56 Å². The van der Waals surface area contributed by atoms with Crippen molar-refractivity contribution >= 4 is 23.3 Å². The van der Waals surface area contributed by atoms with Gasteiger partial charge in [-0.1, -0.05) is 18.2 Å². The summed E-state index contributed by atoms with van der Waals surface area (Å²) in [4.78, 5) is 37.8. The van der Waals surface area contributed by atoms with Crippen molar-refractivity contribution in [2.24, 2.45) is 0 Å². The van der Waals surface area contributed by atoms with E-state index >= 15 is 0 Å². The lowest BCUT2D eigenvalue weighted by atomic mass is 10.1. The maximum Gasteiger partial charge on any atom is 0.346 e. The van der Waals surface area contributed by atoms with Crippen molar-refractivity contribution in [3.05, 3.63) is 57.6 Å². The molecule has 1 unspecified atom stereocenters. The predicted molar refractivity (Wildman–Crippen MR) is 108 cm³/mol. The smallest absolute Gasteiger partial charge is 0.346 e. The minimum Gasteiger partial charge on any atom is -0.493 e. The Morgan fingerprint density at radius 3 is 2.63 bits per heavy atom. The lowest BCUT2D eigenvalue weighted by molar-refractivity contribution is -0.385. The minimum atomic E-state index is -1.12. The van der Waals surface area contributed by atoms with Crippen LogP contribution >= 0.6 is 0 Å². The molecule has 0 saturated carbocycles. The Balaban J connectivity index is 1.83. The predicted octanol–water partition coefficient (Wildman–Crippen LogP) is 3.14. The lowest BCUT2D eigenvalue weighted by Gasteiger charge is -2.22. The first-order valence-corrected chi connectivity index (χ1v) is 9.46. The average Bonchev–Trinajstić information content (AvgIpc) is 3.17. The number of nitrogens with zero attached hydrogens (tertiary/aromatic N) is 2. The second-order valence-corrected chi connectivity index (χ2v) is 6.63. The zero-order chi connectivity index (χ0) is 21.8. The number of methoxy groups -OCH3 is 1. The molecule has 9 nitrogen and oxygen atoms in total. The van der Waals surface area contributed by atoms with E-state index in [4.69, 9.17) is 14.2 Å². The molecule has 0 aliphatic carbocycles. The fraction of sp³-hybridized carbons (Fsp3) is 0.333. The molecule has 1 heterocycles. The Morgan fingerprint density at radius 2 is 1.97 bits per heavy atom. The number of nitro groups is 1. The number of ether oxygens (including phenoxy) is 3. The Bertz CT molecular complexity index is 989. The molecule has 0 fully saturated rings. The largest absolute Gasteiger partial charge is 0.493 e. The molecule has 0 radical (unpaired) electrons. The summed E-state index contributed by atoms with van der Waals surface area (Å²) in [6, 6.07) is 9.80. The summed E-state index contributed by atoms with van der Waals surface area (Å²) in [5.74, 6) is -1.09. The molecule has 1 aliphatic heterocycles. The van der Waals surface area contributed by atoms with Gasteiger partial charge in [-0.3, -0.25) is 14.9 Å². The number of carbonyl (C=O) groups is 2. The molecule has 1 amide bonds. The fourth-order valence-electron chi connectivity index (χ4n) is 3.35. The van der Waals surface area contributed by atoms with Gasteiger partial charge in [0, 0.05) is 18.3 Å². The normalized spacial score (nSPS) is 13.4. The second-order valence-electron chi connectivity index (χ2n) is 6.63. The summed E-state index contributed by atoms with van der Waals surface area (Å²) in [6.45, 7) is 3.93. The van der Waals surface area contributed by atoms with Crippen LogP contribution in [0.4, 0.5) is 11.4 Å². The number of anilines is 1. The van der Waals surface area contributed by atoms with Crippen molar-refractivity contribution in [1.82, 2.24) is 0 Å². The molecule has 0 saturated heterocycles. The van der Waals surface area contributed by atoms with Gasteiger partial charge in [0.05, 0.1) is 24.7 Å². The molecule has 1 atom stereocenters. The molecule has 3 rings (SSSR count). The third kappa shape index (κ3) is 4.05. The van der Waals surface area contributed by atoms with Crippen LogP contribution in [0.5, 0.6) is 11.5 Å². The van der Waals surface area contributed by atoms with Crippen LogP contribution in [0.3, 0.4) is 0 Å². The van der Waals surface area contributed by atoms with Crippen molar-refractivity contribution in [3.63, 3.8) is 0 Å². The maximum atomic E-state index is 12.8. The highest BCUT2D eigenvalue weighted by atomic mass is 16.6. The zero-order valence-corrected chi connectivity index (χ0v) is 16.9. The van der Waals surface area contributed by atoms with E-state index in [-0.39, 0.29) is 23.7 Å². The summed E-state index contributed by atoms with van der Waals surface area (Å²) in [6.07, 6.45) is -0.412. The number of nitro benzene ring substituents is 1. The minimum absolute atomic E-state index is 0.123. The van der Waals surface area contributed by atoms with Gasteiger partial charge in [-0.05, 0) is 31.9 Å². The standard InChI is InChI=1S/C21H22N2O7/c1-4-29-19-11-15(17(23(26)27)12-18(19)28-3)21(25)30-13(2)20(24)22-10-9-14-7-5-6-8-16(14)22/h5-8,11-13H,4,9-10H2,1-3H3. The van der Waals surface area contributed by atoms with E-state index in [9.17, 15) is 19.7 Å². The number of amides is 1. The first kappa shape index (κ1) is 21.1. The maximum absolute atomic E-state index is 12.8. The average molecular weight is 414 g/mol. The number of hydrogen-bond donors (Lipinski definition) is 0. The van der Waals surface area contributed by atoms with Crippen LogP contribution in [-0.2, 0) is 16.0 Å². The Morgan fingerprint density at radius 1 is 1.23 bits per heavy atom. The van der Waals surface area contributed by atoms with Gasteiger partial charge in [-0.25, -0.2) is 4.79 Å². The van der Waals surface area contributed by atoms with Crippen LogP contribution < -0.4 is 14.4 Å². The van der Waals surface area contributed by atoms with E-state index in [0.29, 0.717) is 13.0 Å². The molecule has 0 bridgehead atoms. The third-order valence-corrected chi connectivity index (χ3v) is 4.78. The van der Waals surface area contributed by atoms with Crippen LogP contribution in [0.15, 0.2) is 36.4 Å². The van der Waals surface area contributed by atoms with E-state index in [0.717, 1.165) is 17.3 Å². The number of benzene rings is 2. The number of fused-ring (bicyclic) bond motifs is 1. The van der Waals surface area contributed by atoms with Crippen molar-refractivity contribution in [1.29, 1.82) is 0 Å². The number of hydrogen-bond acceptors (Lipinski definition) is 7. The quantitative estimate of drug-likeness (QED) is 0.389. The molecule has 158 valence electrons. The van der Waals surface area contributed by atoms with Crippen LogP contribution in [0.2, 0.25) is 0 Å². The Hall–Kier alpha value is -3.62. The van der Waals surface area contributed by atoms with Gasteiger partial charge >= 0.3 is 5.97 Å². The summed E-state index contributed by atoms with van der Waals surface area (Å²) >= 11 is 0. The fourth-order valence-corrected chi connectivity index (χ4v) is 3.35. The van der Waals surface area contributed by atoms with E-state index in [1.54, 1.807) is 11.8 Å². The van der Waals surface area contributed by atoms with Crippen molar-refractivity contribution in [3.8, 4) is 11.5 Å². The highest BCUT2D eigenvalue weighted by molar-refractivity contribution is 6.01. The van der Waals surface area contributed by atoms with Gasteiger partial charge < -0.3 is 19.1 Å². The highest BCUT2D eigenvalue weighted by Crippen LogP contribution is 2.35. The van der Waals surface area contributed by atoms with Crippen molar-refractivity contribution < 1.29 is 28.7 Å². The summed E-state index contributed by atoms with van der Waals surface area (Å²) in [7, 11) is 1.34. The number of esters is 1. The molecular weight excluding hydrogens is 392 g/mol. The Labute approximate surface area is 173 Å². The van der Waals surface area contributed by atoms with Crippen LogP contribution in [0.1, 0.15) is 29.8 Å². The van der Waals surface area contributed by atoms with E-state index in [2.05, 4.69) is 0 Å². The van der Waals surface area contributed by atoms with Crippen LogP contribution in [0.25, 0.3) is 0 Å². The third-order valence-electron chi connectivity index (χ3n) is 4.78. The van der Waals surface area contributed by atoms with Crippen molar-refractivity contribution in [2.45, 2.75) is 26.4 Å². The SMILES string of the molecule is CCOc1cc(C(=O)OC(C)C(=O)N2CCc3ccccc32)c([N+](=O)[O-])cc1OC. The highest BCUT2D eigenvalue weighted by Gasteiger charge is 2.32. The first-order chi connectivity index (χ1) is 14.4. The molecule has 1 aliphatic rings. The molecular formula is C21H22N2O7. The summed E-state index contributed by atoms with van der Waals surface area (Å²) in [5.41, 5.74) is 1.01. The van der Waals surface area contributed by atoms with E-state index < -0.39 is 28.6 Å². The molecule has 0 aromatic heterocycles. The number of para-hydroxylation sites is 1. The summed E-state index contributed by atoms with van der Waals surface area (Å²) in [5, 5.41) is 11.5. The number of rotatable bonds is 7. The van der Waals surface area contributed by atoms with Gasteiger partial charge in [-0.2, -0.15) is 0 Å². The zero-order valence-electron chi connectivity index (χ0n) is 16.9. The molecule has 2 aromatic rings. The van der Waals surface area contributed by atoms with Gasteiger partial charge in [0.2, 0.25) is 0 Å². The van der Waals surface area contributed by atoms with Gasteiger partial charge in [0.25, 0.3) is 11.6 Å². The van der Waals surface area contributed by atoms with Gasteiger partial charge in [0.15, 0.2) is 17.6 Å². The second kappa shape index (κ2) is 8.81. The number of carbonyl (C=O) groups excluding carboxylic acids is 2. The van der Waals surface area contributed by atoms with Crippen LogP contribution in [-0.4, -0.2) is 43.2 Å². The molecule has 30 heavy (non-hydrogen) atoms. The lowest BCUT2D eigenvalue weighted by Crippen LogP contribution is -2.39.